The first-order valence-electron chi connectivity index (χ1n) is 6.52. The average Bonchev–Trinajstić information content (AvgIpc) is 3.05. The van der Waals surface area contributed by atoms with Crippen LogP contribution in [-0.2, 0) is 9.53 Å². The monoisotopic (exact) mass is 320 g/mol. The van der Waals surface area contributed by atoms with E-state index in [2.05, 4.69) is 15.0 Å². The predicted octanol–water partition coefficient (Wildman–Crippen LogP) is 0.526. The zero-order chi connectivity index (χ0) is 15.5. The number of hydrogen-bond acceptors (Lipinski definition) is 7. The first-order chi connectivity index (χ1) is 10.6. The number of aliphatic carboxylic acids is 1. The van der Waals surface area contributed by atoms with E-state index in [4.69, 9.17) is 9.84 Å². The van der Waals surface area contributed by atoms with Gasteiger partial charge in [-0.2, -0.15) is 0 Å². The van der Waals surface area contributed by atoms with Crippen molar-refractivity contribution in [2.45, 2.75) is 6.10 Å². The smallest absolute Gasteiger partial charge is 0.334 e. The largest absolute Gasteiger partial charge is 0.479 e. The molecular weight excluding hydrogens is 308 g/mol. The Morgan fingerprint density at radius 2 is 2.09 bits per heavy atom. The number of rotatable bonds is 3. The SMILES string of the molecule is O=C(O)C1CN(C(=O)c2cnc(-c3ncccn3)s2)CCO1. The van der Waals surface area contributed by atoms with Gasteiger partial charge in [-0.05, 0) is 6.07 Å². The molecule has 22 heavy (non-hydrogen) atoms. The van der Waals surface area contributed by atoms with Gasteiger partial charge in [-0.15, -0.1) is 11.3 Å². The van der Waals surface area contributed by atoms with E-state index < -0.39 is 12.1 Å². The van der Waals surface area contributed by atoms with Crippen molar-refractivity contribution in [3.05, 3.63) is 29.5 Å². The molecule has 1 aliphatic rings. The van der Waals surface area contributed by atoms with Crippen LogP contribution in [0.4, 0.5) is 0 Å². The first-order valence-corrected chi connectivity index (χ1v) is 7.33. The molecule has 1 saturated heterocycles. The quantitative estimate of drug-likeness (QED) is 0.879. The van der Waals surface area contributed by atoms with Crippen LogP contribution in [0.25, 0.3) is 10.8 Å². The van der Waals surface area contributed by atoms with E-state index in [1.807, 2.05) is 0 Å². The molecule has 2 aromatic rings. The molecule has 0 radical (unpaired) electrons. The lowest BCUT2D eigenvalue weighted by atomic mass is 10.2. The normalized spacial score (nSPS) is 18.2. The molecule has 3 rings (SSSR count). The topological polar surface area (TPSA) is 106 Å². The van der Waals surface area contributed by atoms with Crippen LogP contribution in [0.2, 0.25) is 0 Å². The van der Waals surface area contributed by atoms with Crippen molar-refractivity contribution in [2.24, 2.45) is 0 Å². The van der Waals surface area contributed by atoms with Crippen LogP contribution in [0.5, 0.6) is 0 Å². The van der Waals surface area contributed by atoms with Gasteiger partial charge in [0.1, 0.15) is 4.88 Å². The van der Waals surface area contributed by atoms with Crippen LogP contribution < -0.4 is 0 Å². The van der Waals surface area contributed by atoms with Crippen molar-refractivity contribution >= 4 is 23.2 Å². The van der Waals surface area contributed by atoms with Crippen molar-refractivity contribution in [3.8, 4) is 10.8 Å². The van der Waals surface area contributed by atoms with E-state index in [1.165, 1.54) is 22.4 Å². The van der Waals surface area contributed by atoms with E-state index in [9.17, 15) is 9.59 Å². The molecule has 1 fully saturated rings. The van der Waals surface area contributed by atoms with Crippen molar-refractivity contribution in [3.63, 3.8) is 0 Å². The van der Waals surface area contributed by atoms with Gasteiger partial charge >= 0.3 is 5.97 Å². The molecule has 2 aromatic heterocycles. The van der Waals surface area contributed by atoms with E-state index >= 15 is 0 Å². The van der Waals surface area contributed by atoms with Gasteiger partial charge < -0.3 is 14.7 Å². The molecule has 114 valence electrons. The summed E-state index contributed by atoms with van der Waals surface area (Å²) in [5, 5.41) is 9.52. The number of nitrogens with zero attached hydrogens (tertiary/aromatic N) is 4. The number of carbonyl (C=O) groups excluding carboxylic acids is 1. The summed E-state index contributed by atoms with van der Waals surface area (Å²) in [6.07, 6.45) is 3.68. The molecule has 1 atom stereocenters. The zero-order valence-corrected chi connectivity index (χ0v) is 12.2. The number of aromatic nitrogens is 3. The summed E-state index contributed by atoms with van der Waals surface area (Å²) in [5.41, 5.74) is 0. The zero-order valence-electron chi connectivity index (χ0n) is 11.4. The molecule has 8 nitrogen and oxygen atoms in total. The minimum Gasteiger partial charge on any atom is -0.479 e. The lowest BCUT2D eigenvalue weighted by Crippen LogP contribution is -2.48. The minimum absolute atomic E-state index is 0.0310. The van der Waals surface area contributed by atoms with Gasteiger partial charge in [-0.1, -0.05) is 0 Å². The van der Waals surface area contributed by atoms with Crippen LogP contribution in [-0.4, -0.2) is 62.6 Å². The van der Waals surface area contributed by atoms with Crippen molar-refractivity contribution in [1.29, 1.82) is 0 Å². The van der Waals surface area contributed by atoms with E-state index in [-0.39, 0.29) is 19.1 Å². The van der Waals surface area contributed by atoms with Gasteiger partial charge in [-0.25, -0.2) is 19.7 Å². The van der Waals surface area contributed by atoms with Gasteiger partial charge in [0.25, 0.3) is 5.91 Å². The lowest BCUT2D eigenvalue weighted by Gasteiger charge is -2.30. The van der Waals surface area contributed by atoms with Crippen LogP contribution in [0.1, 0.15) is 9.67 Å². The third-order valence-electron chi connectivity index (χ3n) is 3.10. The second kappa shape index (κ2) is 6.16. The lowest BCUT2D eigenvalue weighted by molar-refractivity contribution is -0.154. The molecule has 0 saturated carbocycles. The molecule has 3 heterocycles. The molecule has 1 N–H and O–H groups in total. The number of ether oxygens (including phenoxy) is 1. The van der Waals surface area contributed by atoms with Gasteiger partial charge in [0.15, 0.2) is 16.9 Å². The fourth-order valence-electron chi connectivity index (χ4n) is 2.02. The summed E-state index contributed by atoms with van der Waals surface area (Å²) in [5.74, 6) is -0.869. The van der Waals surface area contributed by atoms with Crippen LogP contribution in [0.3, 0.4) is 0 Å². The summed E-state index contributed by atoms with van der Waals surface area (Å²) in [7, 11) is 0. The standard InChI is InChI=1S/C13H12N4O4S/c18-12(17-4-5-21-8(7-17)13(19)20)9-6-16-11(22-9)10-14-2-1-3-15-10/h1-3,6,8H,4-5,7H2,(H,19,20). The Labute approximate surface area is 129 Å². The van der Waals surface area contributed by atoms with Gasteiger partial charge in [-0.3, -0.25) is 4.79 Å². The first kappa shape index (κ1) is 14.5. The highest BCUT2D eigenvalue weighted by Crippen LogP contribution is 2.23. The Morgan fingerprint density at radius 3 is 2.82 bits per heavy atom. The van der Waals surface area contributed by atoms with E-state index in [0.29, 0.717) is 22.3 Å². The fourth-order valence-corrected chi connectivity index (χ4v) is 2.86. The van der Waals surface area contributed by atoms with Gasteiger partial charge in [0, 0.05) is 18.9 Å². The summed E-state index contributed by atoms with van der Waals surface area (Å²) >= 11 is 1.18. The summed E-state index contributed by atoms with van der Waals surface area (Å²) in [6.45, 7) is 0.594. The number of hydrogen-bond donors (Lipinski definition) is 1. The molecule has 0 aromatic carbocycles. The highest BCUT2D eigenvalue weighted by Gasteiger charge is 2.30. The fraction of sp³-hybridized carbons (Fsp3) is 0.308. The number of morpholine rings is 1. The van der Waals surface area contributed by atoms with Crippen LogP contribution >= 0.6 is 11.3 Å². The Morgan fingerprint density at radius 1 is 1.32 bits per heavy atom. The highest BCUT2D eigenvalue weighted by molar-refractivity contribution is 7.16. The van der Waals surface area contributed by atoms with Gasteiger partial charge in [0.05, 0.1) is 19.3 Å². The molecule has 1 unspecified atom stereocenters. The molecule has 0 bridgehead atoms. The maximum Gasteiger partial charge on any atom is 0.334 e. The average molecular weight is 320 g/mol. The maximum absolute atomic E-state index is 12.4. The summed E-state index contributed by atoms with van der Waals surface area (Å²) < 4.78 is 5.10. The minimum atomic E-state index is -1.07. The third-order valence-corrected chi connectivity index (χ3v) is 4.08. The van der Waals surface area contributed by atoms with Crippen molar-refractivity contribution in [1.82, 2.24) is 19.9 Å². The number of amides is 1. The maximum atomic E-state index is 12.4. The molecule has 1 amide bonds. The van der Waals surface area contributed by atoms with Crippen molar-refractivity contribution in [2.75, 3.05) is 19.7 Å². The number of thiazole rings is 1. The Balaban J connectivity index is 1.76. The van der Waals surface area contributed by atoms with E-state index in [0.717, 1.165) is 0 Å². The predicted molar refractivity (Wildman–Crippen MR) is 76.4 cm³/mol. The summed E-state index contributed by atoms with van der Waals surface area (Å²) in [6, 6.07) is 1.70. The van der Waals surface area contributed by atoms with E-state index in [1.54, 1.807) is 18.5 Å². The summed E-state index contributed by atoms with van der Waals surface area (Å²) in [4.78, 5) is 37.6. The molecule has 1 aliphatic heterocycles. The molecule has 9 heteroatoms. The Bertz CT molecular complexity index is 690. The Kier molecular flexibility index (Phi) is 4.07. The number of carboxylic acid groups (broad SMARTS) is 1. The second-order valence-corrected chi connectivity index (χ2v) is 5.58. The number of carboxylic acids is 1. The van der Waals surface area contributed by atoms with Crippen molar-refractivity contribution < 1.29 is 19.4 Å². The third kappa shape index (κ3) is 2.95. The molecular formula is C13H12N4O4S. The Hall–Kier alpha value is -2.39. The van der Waals surface area contributed by atoms with Gasteiger partial charge in [0.2, 0.25) is 0 Å². The number of carbonyl (C=O) groups is 2. The second-order valence-electron chi connectivity index (χ2n) is 4.55. The van der Waals surface area contributed by atoms with Crippen LogP contribution in [0.15, 0.2) is 24.7 Å². The highest BCUT2D eigenvalue weighted by atomic mass is 32.1. The molecule has 0 spiro atoms. The van der Waals surface area contributed by atoms with Crippen LogP contribution in [0, 0.1) is 0 Å². The molecule has 0 aliphatic carbocycles.